The Morgan fingerprint density at radius 1 is 1.38 bits per heavy atom. The summed E-state index contributed by atoms with van der Waals surface area (Å²) in [5, 5.41) is 0.956. The Bertz CT molecular complexity index is 500. The van der Waals surface area contributed by atoms with Gasteiger partial charge in [0.05, 0.1) is 0 Å². The van der Waals surface area contributed by atoms with Gasteiger partial charge in [-0.3, -0.25) is 0 Å². The van der Waals surface area contributed by atoms with Crippen LogP contribution in [-0.2, 0) is 13.0 Å². The summed E-state index contributed by atoms with van der Waals surface area (Å²) in [6.45, 7) is 4.96. The molecule has 1 atom stereocenters. The lowest BCUT2D eigenvalue weighted by atomic mass is 10.2. The van der Waals surface area contributed by atoms with Gasteiger partial charge in [0.15, 0.2) is 0 Å². The summed E-state index contributed by atoms with van der Waals surface area (Å²) < 4.78 is 15.3. The van der Waals surface area contributed by atoms with Crippen LogP contribution in [0.2, 0.25) is 0 Å². The van der Waals surface area contributed by atoms with Crippen molar-refractivity contribution in [2.75, 3.05) is 0 Å². The molecular formula is C13H17FN2. The fraction of sp³-hybridized carbons (Fsp3) is 0.385. The summed E-state index contributed by atoms with van der Waals surface area (Å²) in [5.41, 5.74) is 8.07. The van der Waals surface area contributed by atoms with Crippen molar-refractivity contribution in [1.29, 1.82) is 0 Å². The number of halogens is 1. The Morgan fingerprint density at radius 2 is 2.12 bits per heavy atom. The SMILES string of the molecule is CCn1c(CC(C)N)cc2cc(F)ccc21. The minimum Gasteiger partial charge on any atom is -0.345 e. The first-order chi connectivity index (χ1) is 7.61. The number of benzene rings is 1. The lowest BCUT2D eigenvalue weighted by Crippen LogP contribution is -2.19. The van der Waals surface area contributed by atoms with E-state index in [2.05, 4.69) is 11.5 Å². The minimum absolute atomic E-state index is 0.124. The normalized spacial score (nSPS) is 13.2. The molecule has 1 aromatic heterocycles. The van der Waals surface area contributed by atoms with E-state index in [0.717, 1.165) is 23.9 Å². The maximum Gasteiger partial charge on any atom is 0.123 e. The molecule has 0 amide bonds. The van der Waals surface area contributed by atoms with E-state index >= 15 is 0 Å². The predicted molar refractivity (Wildman–Crippen MR) is 64.9 cm³/mol. The van der Waals surface area contributed by atoms with Crippen molar-refractivity contribution in [1.82, 2.24) is 4.57 Å². The van der Waals surface area contributed by atoms with Crippen molar-refractivity contribution < 1.29 is 4.39 Å². The van der Waals surface area contributed by atoms with Gasteiger partial charge in [-0.15, -0.1) is 0 Å². The number of rotatable bonds is 3. The molecular weight excluding hydrogens is 203 g/mol. The number of nitrogens with two attached hydrogens (primary N) is 1. The van der Waals surface area contributed by atoms with Crippen LogP contribution in [0.1, 0.15) is 19.5 Å². The average molecular weight is 220 g/mol. The zero-order valence-corrected chi connectivity index (χ0v) is 9.70. The number of fused-ring (bicyclic) bond motifs is 1. The highest BCUT2D eigenvalue weighted by Gasteiger charge is 2.09. The topological polar surface area (TPSA) is 30.9 Å². The lowest BCUT2D eigenvalue weighted by Gasteiger charge is -2.09. The summed E-state index contributed by atoms with van der Waals surface area (Å²) in [7, 11) is 0. The molecule has 16 heavy (non-hydrogen) atoms. The highest BCUT2D eigenvalue weighted by molar-refractivity contribution is 5.81. The highest BCUT2D eigenvalue weighted by atomic mass is 19.1. The number of hydrogen-bond acceptors (Lipinski definition) is 1. The molecule has 0 aliphatic carbocycles. The molecule has 0 radical (unpaired) electrons. The molecule has 2 rings (SSSR count). The molecule has 1 unspecified atom stereocenters. The summed E-state index contributed by atoms with van der Waals surface area (Å²) in [6.07, 6.45) is 0.824. The van der Waals surface area contributed by atoms with Gasteiger partial charge >= 0.3 is 0 Å². The Morgan fingerprint density at radius 3 is 2.75 bits per heavy atom. The van der Waals surface area contributed by atoms with Crippen LogP contribution in [0.3, 0.4) is 0 Å². The third-order valence-electron chi connectivity index (χ3n) is 2.80. The maximum atomic E-state index is 13.1. The molecule has 2 aromatic rings. The molecule has 0 fully saturated rings. The van der Waals surface area contributed by atoms with Gasteiger partial charge in [-0.05, 0) is 38.1 Å². The molecule has 0 aliphatic heterocycles. The Labute approximate surface area is 94.9 Å². The zero-order valence-electron chi connectivity index (χ0n) is 9.70. The molecule has 3 heteroatoms. The number of aromatic nitrogens is 1. The molecule has 0 aliphatic rings. The van der Waals surface area contributed by atoms with Crippen molar-refractivity contribution >= 4 is 10.9 Å². The van der Waals surface area contributed by atoms with Crippen LogP contribution in [0.15, 0.2) is 24.3 Å². The van der Waals surface area contributed by atoms with Crippen molar-refractivity contribution in [3.63, 3.8) is 0 Å². The van der Waals surface area contributed by atoms with E-state index < -0.39 is 0 Å². The molecule has 2 N–H and O–H groups in total. The van der Waals surface area contributed by atoms with Gasteiger partial charge in [0, 0.05) is 35.6 Å². The summed E-state index contributed by atoms with van der Waals surface area (Å²) in [6, 6.07) is 7.07. The van der Waals surface area contributed by atoms with Crippen molar-refractivity contribution in [2.45, 2.75) is 32.9 Å². The van der Waals surface area contributed by atoms with E-state index in [1.807, 2.05) is 19.1 Å². The Kier molecular flexibility index (Phi) is 2.97. The third-order valence-corrected chi connectivity index (χ3v) is 2.80. The fourth-order valence-electron chi connectivity index (χ4n) is 2.17. The third kappa shape index (κ3) is 1.95. The predicted octanol–water partition coefficient (Wildman–Crippen LogP) is 2.69. The van der Waals surface area contributed by atoms with Gasteiger partial charge in [-0.1, -0.05) is 0 Å². The maximum absolute atomic E-state index is 13.1. The first-order valence-corrected chi connectivity index (χ1v) is 5.65. The second-order valence-electron chi connectivity index (χ2n) is 4.26. The van der Waals surface area contributed by atoms with Crippen LogP contribution in [0.25, 0.3) is 10.9 Å². The van der Waals surface area contributed by atoms with Gasteiger partial charge in [-0.2, -0.15) is 0 Å². The molecule has 1 aromatic carbocycles. The molecule has 0 saturated heterocycles. The molecule has 0 bridgehead atoms. The second-order valence-corrected chi connectivity index (χ2v) is 4.26. The van der Waals surface area contributed by atoms with Gasteiger partial charge < -0.3 is 10.3 Å². The smallest absolute Gasteiger partial charge is 0.123 e. The Balaban J connectivity index is 2.56. The minimum atomic E-state index is -0.187. The van der Waals surface area contributed by atoms with Crippen LogP contribution in [-0.4, -0.2) is 10.6 Å². The van der Waals surface area contributed by atoms with E-state index in [0.29, 0.717) is 0 Å². The first-order valence-electron chi connectivity index (χ1n) is 5.65. The summed E-state index contributed by atoms with van der Waals surface area (Å²) in [4.78, 5) is 0. The van der Waals surface area contributed by atoms with Gasteiger partial charge in [0.25, 0.3) is 0 Å². The van der Waals surface area contributed by atoms with Crippen molar-refractivity contribution in [3.05, 3.63) is 35.8 Å². The zero-order chi connectivity index (χ0) is 11.7. The van der Waals surface area contributed by atoms with Gasteiger partial charge in [0.2, 0.25) is 0 Å². The molecule has 0 spiro atoms. The highest BCUT2D eigenvalue weighted by Crippen LogP contribution is 2.21. The number of nitrogens with zero attached hydrogens (tertiary/aromatic N) is 1. The standard InChI is InChI=1S/C13H17FN2/c1-3-16-12(6-9(2)15)8-10-7-11(14)4-5-13(10)16/h4-5,7-9H,3,6,15H2,1-2H3. The molecule has 2 nitrogen and oxygen atoms in total. The van der Waals surface area contributed by atoms with E-state index in [-0.39, 0.29) is 11.9 Å². The van der Waals surface area contributed by atoms with Crippen molar-refractivity contribution in [3.8, 4) is 0 Å². The van der Waals surface area contributed by atoms with Crippen LogP contribution in [0, 0.1) is 5.82 Å². The number of hydrogen-bond donors (Lipinski definition) is 1. The first kappa shape index (κ1) is 11.1. The summed E-state index contributed by atoms with van der Waals surface area (Å²) >= 11 is 0. The van der Waals surface area contributed by atoms with Crippen LogP contribution in [0.5, 0.6) is 0 Å². The van der Waals surface area contributed by atoms with Crippen LogP contribution < -0.4 is 5.73 Å². The average Bonchev–Trinajstić information content (AvgIpc) is 2.52. The number of aryl methyl sites for hydroxylation is 1. The summed E-state index contributed by atoms with van der Waals surface area (Å²) in [5.74, 6) is -0.187. The quantitative estimate of drug-likeness (QED) is 0.847. The van der Waals surface area contributed by atoms with Gasteiger partial charge in [0.1, 0.15) is 5.82 Å². The Hall–Kier alpha value is -1.35. The lowest BCUT2D eigenvalue weighted by molar-refractivity contribution is 0.629. The fourth-order valence-corrected chi connectivity index (χ4v) is 2.17. The van der Waals surface area contributed by atoms with E-state index in [4.69, 9.17) is 5.73 Å². The van der Waals surface area contributed by atoms with E-state index in [1.54, 1.807) is 6.07 Å². The van der Waals surface area contributed by atoms with E-state index in [9.17, 15) is 4.39 Å². The molecule has 0 saturated carbocycles. The van der Waals surface area contributed by atoms with Crippen molar-refractivity contribution in [2.24, 2.45) is 5.73 Å². The van der Waals surface area contributed by atoms with Crippen LogP contribution >= 0.6 is 0 Å². The largest absolute Gasteiger partial charge is 0.345 e. The van der Waals surface area contributed by atoms with E-state index in [1.165, 1.54) is 11.8 Å². The van der Waals surface area contributed by atoms with Crippen LogP contribution in [0.4, 0.5) is 4.39 Å². The molecule has 86 valence electrons. The monoisotopic (exact) mass is 220 g/mol. The molecule has 1 heterocycles. The van der Waals surface area contributed by atoms with Gasteiger partial charge in [-0.25, -0.2) is 4.39 Å². The second kappa shape index (κ2) is 4.26.